The molecule has 5 nitrogen and oxygen atoms in total. The Kier molecular flexibility index (Phi) is 5.73. The first-order valence-electron chi connectivity index (χ1n) is 7.69. The van der Waals surface area contributed by atoms with Crippen LogP contribution in [0.15, 0.2) is 64.2 Å². The second-order valence-corrected chi connectivity index (χ2v) is 7.08. The highest BCUT2D eigenvalue weighted by Gasteiger charge is 2.18. The number of nitrogens with one attached hydrogen (secondary N) is 1. The van der Waals surface area contributed by atoms with Crippen molar-refractivity contribution < 1.29 is 9.21 Å². The van der Waals surface area contributed by atoms with Crippen LogP contribution in [0.5, 0.6) is 0 Å². The first kappa shape index (κ1) is 17.5. The molecule has 1 atom stereocenters. The van der Waals surface area contributed by atoms with Crippen molar-refractivity contribution in [3.63, 3.8) is 0 Å². The van der Waals surface area contributed by atoms with E-state index in [-0.39, 0.29) is 11.2 Å². The van der Waals surface area contributed by atoms with Crippen LogP contribution >= 0.6 is 23.4 Å². The summed E-state index contributed by atoms with van der Waals surface area (Å²) in [7, 11) is 0. The van der Waals surface area contributed by atoms with Gasteiger partial charge in [-0.2, -0.15) is 0 Å². The zero-order chi connectivity index (χ0) is 17.6. The van der Waals surface area contributed by atoms with Gasteiger partial charge in [-0.05, 0) is 30.7 Å². The predicted molar refractivity (Wildman–Crippen MR) is 98.4 cm³/mol. The van der Waals surface area contributed by atoms with Crippen molar-refractivity contribution >= 4 is 29.3 Å². The van der Waals surface area contributed by atoms with Crippen molar-refractivity contribution in [2.75, 3.05) is 0 Å². The van der Waals surface area contributed by atoms with Crippen molar-refractivity contribution in [3.05, 3.63) is 65.2 Å². The second kappa shape index (κ2) is 8.18. The van der Waals surface area contributed by atoms with Gasteiger partial charge >= 0.3 is 0 Å². The van der Waals surface area contributed by atoms with Crippen LogP contribution in [0, 0.1) is 0 Å². The Morgan fingerprint density at radius 1 is 1.20 bits per heavy atom. The summed E-state index contributed by atoms with van der Waals surface area (Å²) in [5.74, 6) is 0.290. The third kappa shape index (κ3) is 4.84. The first-order valence-corrected chi connectivity index (χ1v) is 8.95. The van der Waals surface area contributed by atoms with E-state index in [1.165, 1.54) is 11.8 Å². The number of thioether (sulfide) groups is 1. The lowest BCUT2D eigenvalue weighted by atomic mass is 10.2. The van der Waals surface area contributed by atoms with Gasteiger partial charge in [-0.1, -0.05) is 59.8 Å². The quantitative estimate of drug-likeness (QED) is 0.656. The van der Waals surface area contributed by atoms with Crippen molar-refractivity contribution in [2.24, 2.45) is 0 Å². The molecule has 3 rings (SSSR count). The first-order chi connectivity index (χ1) is 12.1. The number of halogens is 1. The molecule has 7 heteroatoms. The maximum atomic E-state index is 12.2. The van der Waals surface area contributed by atoms with E-state index in [2.05, 4.69) is 15.5 Å². The molecule has 1 heterocycles. The average molecular weight is 374 g/mol. The molecular weight excluding hydrogens is 358 g/mol. The summed E-state index contributed by atoms with van der Waals surface area (Å²) in [5.41, 5.74) is 1.79. The summed E-state index contributed by atoms with van der Waals surface area (Å²) in [4.78, 5) is 12.2. The number of rotatable bonds is 6. The molecular formula is C18H16ClN3O2S. The molecule has 0 fully saturated rings. The fraction of sp³-hybridized carbons (Fsp3) is 0.167. The fourth-order valence-corrected chi connectivity index (χ4v) is 3.03. The Hall–Kier alpha value is -2.31. The van der Waals surface area contributed by atoms with E-state index in [4.69, 9.17) is 16.0 Å². The standard InChI is InChI=1S/C18H16ClN3O2S/c1-12(16(23)20-11-13-6-3-2-4-7-13)25-18-22-21-17(24-18)14-8-5-9-15(19)10-14/h2-10,12H,11H2,1H3,(H,20,23)/t12-/m0/s1. The normalized spacial score (nSPS) is 11.9. The fourth-order valence-electron chi connectivity index (χ4n) is 2.13. The largest absolute Gasteiger partial charge is 0.411 e. The number of hydrogen-bond acceptors (Lipinski definition) is 5. The zero-order valence-electron chi connectivity index (χ0n) is 13.5. The third-order valence-electron chi connectivity index (χ3n) is 3.43. The van der Waals surface area contributed by atoms with Crippen LogP contribution < -0.4 is 5.32 Å². The molecule has 1 amide bonds. The minimum atomic E-state index is -0.351. The number of hydrogen-bond donors (Lipinski definition) is 1. The van der Waals surface area contributed by atoms with Crippen LogP contribution in [0.4, 0.5) is 0 Å². The molecule has 25 heavy (non-hydrogen) atoms. The highest BCUT2D eigenvalue weighted by atomic mass is 35.5. The van der Waals surface area contributed by atoms with Gasteiger partial charge in [0.15, 0.2) is 0 Å². The lowest BCUT2D eigenvalue weighted by Gasteiger charge is -2.09. The van der Waals surface area contributed by atoms with E-state index in [0.717, 1.165) is 11.1 Å². The lowest BCUT2D eigenvalue weighted by Crippen LogP contribution is -2.30. The maximum absolute atomic E-state index is 12.2. The average Bonchev–Trinajstić information content (AvgIpc) is 3.09. The molecule has 0 saturated heterocycles. The smallest absolute Gasteiger partial charge is 0.277 e. The molecule has 0 saturated carbocycles. The summed E-state index contributed by atoms with van der Waals surface area (Å²) in [6.07, 6.45) is 0. The number of benzene rings is 2. The van der Waals surface area contributed by atoms with Crippen LogP contribution in [-0.4, -0.2) is 21.4 Å². The number of amides is 1. The van der Waals surface area contributed by atoms with E-state index in [1.54, 1.807) is 19.1 Å². The van der Waals surface area contributed by atoms with Crippen molar-refractivity contribution in [3.8, 4) is 11.5 Å². The monoisotopic (exact) mass is 373 g/mol. The molecule has 0 aliphatic carbocycles. The number of carbonyl (C=O) groups is 1. The molecule has 0 bridgehead atoms. The topological polar surface area (TPSA) is 68.0 Å². The van der Waals surface area contributed by atoms with E-state index in [0.29, 0.717) is 22.7 Å². The Morgan fingerprint density at radius 3 is 2.76 bits per heavy atom. The Balaban J connectivity index is 1.57. The van der Waals surface area contributed by atoms with Gasteiger partial charge in [0.05, 0.1) is 5.25 Å². The number of carbonyl (C=O) groups excluding carboxylic acids is 1. The summed E-state index contributed by atoms with van der Waals surface area (Å²) in [5, 5.41) is 11.5. The summed E-state index contributed by atoms with van der Waals surface area (Å²) in [6, 6.07) is 16.9. The molecule has 1 N–H and O–H groups in total. The van der Waals surface area contributed by atoms with Crippen LogP contribution in [0.2, 0.25) is 5.02 Å². The summed E-state index contributed by atoms with van der Waals surface area (Å²) < 4.78 is 5.61. The number of nitrogens with zero attached hydrogens (tertiary/aromatic N) is 2. The van der Waals surface area contributed by atoms with E-state index in [9.17, 15) is 4.79 Å². The minimum absolute atomic E-state index is 0.0867. The van der Waals surface area contributed by atoms with Gasteiger partial charge in [0.2, 0.25) is 11.8 Å². The molecule has 0 aliphatic heterocycles. The Labute approximate surface area is 154 Å². The van der Waals surface area contributed by atoms with E-state index >= 15 is 0 Å². The number of aromatic nitrogens is 2. The van der Waals surface area contributed by atoms with Crippen LogP contribution in [0.25, 0.3) is 11.5 Å². The molecule has 128 valence electrons. The van der Waals surface area contributed by atoms with Crippen LogP contribution in [0.1, 0.15) is 12.5 Å². The van der Waals surface area contributed by atoms with Gasteiger partial charge < -0.3 is 9.73 Å². The molecule has 0 unspecified atom stereocenters. The van der Waals surface area contributed by atoms with Crippen LogP contribution in [-0.2, 0) is 11.3 Å². The van der Waals surface area contributed by atoms with Crippen molar-refractivity contribution in [2.45, 2.75) is 23.9 Å². The van der Waals surface area contributed by atoms with E-state index < -0.39 is 0 Å². The SMILES string of the molecule is C[C@H](Sc1nnc(-c2cccc(Cl)c2)o1)C(=O)NCc1ccccc1. The molecule has 2 aromatic carbocycles. The highest BCUT2D eigenvalue weighted by molar-refractivity contribution is 8.00. The van der Waals surface area contributed by atoms with Crippen LogP contribution in [0.3, 0.4) is 0 Å². The predicted octanol–water partition coefficient (Wildman–Crippen LogP) is 4.19. The molecule has 0 aliphatic rings. The molecule has 1 aromatic heterocycles. The van der Waals surface area contributed by atoms with Gasteiger partial charge in [-0.3, -0.25) is 4.79 Å². The highest BCUT2D eigenvalue weighted by Crippen LogP contribution is 2.27. The minimum Gasteiger partial charge on any atom is -0.411 e. The zero-order valence-corrected chi connectivity index (χ0v) is 15.1. The molecule has 0 spiro atoms. The lowest BCUT2D eigenvalue weighted by molar-refractivity contribution is -0.120. The third-order valence-corrected chi connectivity index (χ3v) is 4.60. The van der Waals surface area contributed by atoms with Gasteiger partial charge in [-0.25, -0.2) is 0 Å². The maximum Gasteiger partial charge on any atom is 0.277 e. The molecule has 0 radical (unpaired) electrons. The van der Waals surface area contributed by atoms with Gasteiger partial charge in [0.1, 0.15) is 0 Å². The van der Waals surface area contributed by atoms with Gasteiger partial charge in [-0.15, -0.1) is 10.2 Å². The van der Waals surface area contributed by atoms with Gasteiger partial charge in [0, 0.05) is 17.1 Å². The van der Waals surface area contributed by atoms with Crippen molar-refractivity contribution in [1.82, 2.24) is 15.5 Å². The second-order valence-electron chi connectivity index (χ2n) is 5.35. The van der Waals surface area contributed by atoms with E-state index in [1.807, 2.05) is 42.5 Å². The van der Waals surface area contributed by atoms with Crippen molar-refractivity contribution in [1.29, 1.82) is 0 Å². The Bertz CT molecular complexity index is 854. The summed E-state index contributed by atoms with van der Waals surface area (Å²) >= 11 is 7.19. The summed E-state index contributed by atoms with van der Waals surface area (Å²) in [6.45, 7) is 2.29. The Morgan fingerprint density at radius 2 is 2.00 bits per heavy atom. The van der Waals surface area contributed by atoms with Gasteiger partial charge in [0.25, 0.3) is 5.22 Å². The molecule has 3 aromatic rings.